The molecular weight excluding hydrogens is 150 g/mol. The van der Waals surface area contributed by atoms with Crippen LogP contribution in [-0.2, 0) is 4.79 Å². The maximum Gasteiger partial charge on any atom is 0.223 e. The molecule has 68 valence electrons. The zero-order valence-electron chi connectivity index (χ0n) is 8.11. The van der Waals surface area contributed by atoms with Gasteiger partial charge in [-0.3, -0.25) is 4.79 Å². The van der Waals surface area contributed by atoms with E-state index in [4.69, 9.17) is 0 Å². The molecule has 1 fully saturated rings. The lowest BCUT2D eigenvalue weighted by molar-refractivity contribution is -0.122. The summed E-state index contributed by atoms with van der Waals surface area (Å²) in [5.41, 5.74) is 1.24. The van der Waals surface area contributed by atoms with Gasteiger partial charge in [0.2, 0.25) is 5.91 Å². The zero-order valence-corrected chi connectivity index (χ0v) is 8.11. The van der Waals surface area contributed by atoms with E-state index in [0.29, 0.717) is 6.54 Å². The maximum atomic E-state index is 11.4. The second-order valence-corrected chi connectivity index (χ2v) is 4.42. The highest BCUT2D eigenvalue weighted by Gasteiger charge is 2.50. The van der Waals surface area contributed by atoms with Crippen molar-refractivity contribution in [2.24, 2.45) is 11.3 Å². The molecule has 0 aromatic heterocycles. The SMILES string of the molecule is C=C(C)CNC(=O)C1CC1(C)C. The molecular formula is C10H17NO. The Hall–Kier alpha value is -0.790. The molecule has 0 aromatic carbocycles. The van der Waals surface area contributed by atoms with Crippen LogP contribution in [0.4, 0.5) is 0 Å². The second kappa shape index (κ2) is 2.92. The van der Waals surface area contributed by atoms with Gasteiger partial charge in [-0.1, -0.05) is 26.0 Å². The van der Waals surface area contributed by atoms with E-state index in [1.807, 2.05) is 6.92 Å². The van der Waals surface area contributed by atoms with Crippen LogP contribution in [0.1, 0.15) is 27.2 Å². The summed E-state index contributed by atoms with van der Waals surface area (Å²) in [5, 5.41) is 2.86. The van der Waals surface area contributed by atoms with Gasteiger partial charge in [-0.25, -0.2) is 0 Å². The summed E-state index contributed by atoms with van der Waals surface area (Å²) in [7, 11) is 0. The maximum absolute atomic E-state index is 11.4. The van der Waals surface area contributed by atoms with Crippen molar-refractivity contribution in [1.82, 2.24) is 5.32 Å². The third-order valence-electron chi connectivity index (χ3n) is 2.39. The molecule has 0 spiro atoms. The standard InChI is InChI=1S/C10H17NO/c1-7(2)6-11-9(12)8-5-10(8,3)4/h8H,1,5-6H2,2-4H3,(H,11,12). The van der Waals surface area contributed by atoms with Crippen molar-refractivity contribution in [3.63, 3.8) is 0 Å². The minimum absolute atomic E-state index is 0.183. The van der Waals surface area contributed by atoms with Crippen molar-refractivity contribution in [2.75, 3.05) is 6.54 Å². The molecule has 1 saturated carbocycles. The minimum Gasteiger partial charge on any atom is -0.352 e. The Kier molecular flexibility index (Phi) is 2.27. The molecule has 0 aromatic rings. The molecule has 1 aliphatic carbocycles. The van der Waals surface area contributed by atoms with Crippen LogP contribution in [-0.4, -0.2) is 12.5 Å². The topological polar surface area (TPSA) is 29.1 Å². The van der Waals surface area contributed by atoms with E-state index in [1.165, 1.54) is 0 Å². The lowest BCUT2D eigenvalue weighted by atomic mass is 10.1. The van der Waals surface area contributed by atoms with Crippen molar-refractivity contribution < 1.29 is 4.79 Å². The van der Waals surface area contributed by atoms with Gasteiger partial charge in [0.25, 0.3) is 0 Å². The summed E-state index contributed by atoms with van der Waals surface area (Å²) < 4.78 is 0. The quantitative estimate of drug-likeness (QED) is 0.637. The number of carbonyl (C=O) groups excluding carboxylic acids is 1. The van der Waals surface area contributed by atoms with Gasteiger partial charge in [-0.15, -0.1) is 0 Å². The van der Waals surface area contributed by atoms with Crippen LogP contribution in [0, 0.1) is 11.3 Å². The Morgan fingerprint density at radius 3 is 2.50 bits per heavy atom. The van der Waals surface area contributed by atoms with Crippen molar-refractivity contribution in [3.05, 3.63) is 12.2 Å². The lowest BCUT2D eigenvalue weighted by Crippen LogP contribution is -2.27. The highest BCUT2D eigenvalue weighted by molar-refractivity contribution is 5.82. The molecule has 0 radical (unpaired) electrons. The van der Waals surface area contributed by atoms with Gasteiger partial charge in [-0.05, 0) is 18.8 Å². The molecule has 1 unspecified atom stereocenters. The van der Waals surface area contributed by atoms with Crippen molar-refractivity contribution >= 4 is 5.91 Å². The molecule has 0 heterocycles. The van der Waals surface area contributed by atoms with Gasteiger partial charge in [-0.2, -0.15) is 0 Å². The van der Waals surface area contributed by atoms with Crippen LogP contribution in [0.2, 0.25) is 0 Å². The van der Waals surface area contributed by atoms with E-state index in [2.05, 4.69) is 25.7 Å². The fourth-order valence-electron chi connectivity index (χ4n) is 1.28. The average Bonchev–Trinajstić information content (AvgIpc) is 2.55. The monoisotopic (exact) mass is 167 g/mol. The smallest absolute Gasteiger partial charge is 0.223 e. The van der Waals surface area contributed by atoms with Crippen molar-refractivity contribution in [1.29, 1.82) is 0 Å². The predicted molar refractivity (Wildman–Crippen MR) is 49.7 cm³/mol. The molecule has 1 aliphatic rings. The van der Waals surface area contributed by atoms with Gasteiger partial charge >= 0.3 is 0 Å². The van der Waals surface area contributed by atoms with E-state index < -0.39 is 0 Å². The number of hydrogen-bond acceptors (Lipinski definition) is 1. The Balaban J connectivity index is 2.27. The highest BCUT2D eigenvalue weighted by atomic mass is 16.2. The first-order chi connectivity index (χ1) is 5.43. The summed E-state index contributed by atoms with van der Waals surface area (Å²) in [6.45, 7) is 10.5. The molecule has 1 atom stereocenters. The zero-order chi connectivity index (χ0) is 9.35. The molecule has 2 heteroatoms. The van der Waals surface area contributed by atoms with Crippen LogP contribution in [0.25, 0.3) is 0 Å². The fourth-order valence-corrected chi connectivity index (χ4v) is 1.28. The molecule has 0 bridgehead atoms. The van der Waals surface area contributed by atoms with E-state index in [0.717, 1.165) is 12.0 Å². The molecule has 1 N–H and O–H groups in total. The number of amides is 1. The van der Waals surface area contributed by atoms with E-state index in [9.17, 15) is 4.79 Å². The molecule has 1 rings (SSSR count). The van der Waals surface area contributed by atoms with E-state index >= 15 is 0 Å². The molecule has 2 nitrogen and oxygen atoms in total. The van der Waals surface area contributed by atoms with Crippen molar-refractivity contribution in [3.8, 4) is 0 Å². The van der Waals surface area contributed by atoms with Crippen LogP contribution >= 0.6 is 0 Å². The molecule has 1 amide bonds. The number of rotatable bonds is 3. The Morgan fingerprint density at radius 2 is 2.17 bits per heavy atom. The summed E-state index contributed by atoms with van der Waals surface area (Å²) in [6, 6.07) is 0. The Labute approximate surface area is 74.0 Å². The first-order valence-corrected chi connectivity index (χ1v) is 4.35. The van der Waals surface area contributed by atoms with E-state index in [1.54, 1.807) is 0 Å². The lowest BCUT2D eigenvalue weighted by Gasteiger charge is -2.05. The summed E-state index contributed by atoms with van der Waals surface area (Å²) in [4.78, 5) is 11.4. The highest BCUT2D eigenvalue weighted by Crippen LogP contribution is 2.51. The first-order valence-electron chi connectivity index (χ1n) is 4.35. The van der Waals surface area contributed by atoms with Gasteiger partial charge in [0.1, 0.15) is 0 Å². The second-order valence-electron chi connectivity index (χ2n) is 4.42. The fraction of sp³-hybridized carbons (Fsp3) is 0.700. The Bertz CT molecular complexity index is 218. The van der Waals surface area contributed by atoms with Crippen LogP contribution in [0.5, 0.6) is 0 Å². The van der Waals surface area contributed by atoms with Gasteiger partial charge in [0.15, 0.2) is 0 Å². The minimum atomic E-state index is 0.183. The van der Waals surface area contributed by atoms with Crippen LogP contribution < -0.4 is 5.32 Å². The number of nitrogens with one attached hydrogen (secondary N) is 1. The molecule has 0 aliphatic heterocycles. The third-order valence-corrected chi connectivity index (χ3v) is 2.39. The third kappa shape index (κ3) is 2.10. The summed E-state index contributed by atoms with van der Waals surface area (Å²) in [6.07, 6.45) is 1.02. The average molecular weight is 167 g/mol. The van der Waals surface area contributed by atoms with Gasteiger partial charge < -0.3 is 5.32 Å². The largest absolute Gasteiger partial charge is 0.352 e. The predicted octanol–water partition coefficient (Wildman–Crippen LogP) is 1.72. The van der Waals surface area contributed by atoms with Crippen LogP contribution in [0.3, 0.4) is 0 Å². The van der Waals surface area contributed by atoms with E-state index in [-0.39, 0.29) is 17.2 Å². The normalized spacial score (nSPS) is 24.8. The number of carbonyl (C=O) groups is 1. The Morgan fingerprint density at radius 1 is 1.67 bits per heavy atom. The summed E-state index contributed by atoms with van der Waals surface area (Å²) in [5.74, 6) is 0.417. The van der Waals surface area contributed by atoms with Crippen molar-refractivity contribution in [2.45, 2.75) is 27.2 Å². The summed E-state index contributed by atoms with van der Waals surface area (Å²) >= 11 is 0. The first kappa shape index (κ1) is 9.30. The van der Waals surface area contributed by atoms with Gasteiger partial charge in [0.05, 0.1) is 0 Å². The number of hydrogen-bond donors (Lipinski definition) is 1. The van der Waals surface area contributed by atoms with Crippen LogP contribution in [0.15, 0.2) is 12.2 Å². The van der Waals surface area contributed by atoms with Gasteiger partial charge in [0, 0.05) is 12.5 Å². The molecule has 12 heavy (non-hydrogen) atoms. The molecule has 0 saturated heterocycles.